The van der Waals surface area contributed by atoms with Crippen LogP contribution in [0.25, 0.3) is 0 Å². The molecule has 0 fully saturated rings. The predicted molar refractivity (Wildman–Crippen MR) is 83.5 cm³/mol. The number of hydrogen-bond donors (Lipinski definition) is 1. The van der Waals surface area contributed by atoms with E-state index in [-0.39, 0.29) is 5.41 Å². The van der Waals surface area contributed by atoms with Gasteiger partial charge in [0, 0.05) is 0 Å². The molecule has 0 saturated carbocycles. The van der Waals surface area contributed by atoms with Crippen LogP contribution in [0, 0.1) is 5.41 Å². The molecule has 1 N–H and O–H groups in total. The van der Waals surface area contributed by atoms with Crippen molar-refractivity contribution in [3.05, 3.63) is 35.4 Å². The van der Waals surface area contributed by atoms with Crippen LogP contribution < -0.4 is 0 Å². The van der Waals surface area contributed by atoms with E-state index in [4.69, 9.17) is 0 Å². The molecular formula is C18H30O. The van der Waals surface area contributed by atoms with Crippen LogP contribution in [0.4, 0.5) is 0 Å². The van der Waals surface area contributed by atoms with Gasteiger partial charge in [-0.1, -0.05) is 58.4 Å². The molecule has 1 aromatic carbocycles. The molecule has 0 aliphatic carbocycles. The van der Waals surface area contributed by atoms with Crippen LogP contribution in [0.3, 0.4) is 0 Å². The first kappa shape index (κ1) is 16.2. The van der Waals surface area contributed by atoms with Gasteiger partial charge in [0.05, 0.1) is 5.60 Å². The summed E-state index contributed by atoms with van der Waals surface area (Å²) in [6.45, 7) is 10.5. The maximum Gasteiger partial charge on any atom is 0.0670 e. The summed E-state index contributed by atoms with van der Waals surface area (Å²) < 4.78 is 0. The average Bonchev–Trinajstić information content (AvgIpc) is 2.33. The van der Waals surface area contributed by atoms with Crippen molar-refractivity contribution in [2.24, 2.45) is 5.41 Å². The Labute approximate surface area is 119 Å². The minimum atomic E-state index is -0.619. The van der Waals surface area contributed by atoms with Gasteiger partial charge < -0.3 is 5.11 Å². The molecule has 0 saturated heterocycles. The Kier molecular flexibility index (Phi) is 5.61. The fraction of sp³-hybridized carbons (Fsp3) is 0.667. The standard InChI is InChI=1S/C18H30O/c1-6-7-9-15-10-8-11-16(14-15)12-13-18(5,19)17(2,3)4/h8,10-11,14,19H,6-7,9,12-13H2,1-5H3. The normalized spacial score (nSPS) is 15.3. The third-order valence-corrected chi connectivity index (χ3v) is 4.33. The van der Waals surface area contributed by atoms with E-state index in [2.05, 4.69) is 52.0 Å². The predicted octanol–water partition coefficient (Wildman–Crippen LogP) is 4.76. The topological polar surface area (TPSA) is 20.2 Å². The van der Waals surface area contributed by atoms with Crippen LogP contribution >= 0.6 is 0 Å². The lowest BCUT2D eigenvalue weighted by Gasteiger charge is -2.37. The maximum absolute atomic E-state index is 10.5. The van der Waals surface area contributed by atoms with Gasteiger partial charge in [-0.3, -0.25) is 0 Å². The van der Waals surface area contributed by atoms with Gasteiger partial charge in [-0.05, 0) is 49.1 Å². The summed E-state index contributed by atoms with van der Waals surface area (Å²) >= 11 is 0. The van der Waals surface area contributed by atoms with Crippen molar-refractivity contribution < 1.29 is 5.11 Å². The van der Waals surface area contributed by atoms with Gasteiger partial charge in [-0.15, -0.1) is 0 Å². The fourth-order valence-electron chi connectivity index (χ4n) is 2.08. The second-order valence-corrected chi connectivity index (χ2v) is 6.95. The molecule has 1 aromatic rings. The maximum atomic E-state index is 10.5. The van der Waals surface area contributed by atoms with Crippen molar-refractivity contribution in [3.63, 3.8) is 0 Å². The summed E-state index contributed by atoms with van der Waals surface area (Å²) in [5.41, 5.74) is 2.08. The Morgan fingerprint density at radius 2 is 1.58 bits per heavy atom. The molecule has 1 rings (SSSR count). The molecule has 0 spiro atoms. The van der Waals surface area contributed by atoms with E-state index in [1.54, 1.807) is 0 Å². The average molecular weight is 262 g/mol. The number of rotatable bonds is 6. The van der Waals surface area contributed by atoms with E-state index in [0.29, 0.717) is 0 Å². The highest BCUT2D eigenvalue weighted by Gasteiger charge is 2.34. The van der Waals surface area contributed by atoms with Gasteiger partial charge in [0.25, 0.3) is 0 Å². The molecule has 0 aliphatic heterocycles. The van der Waals surface area contributed by atoms with Crippen LogP contribution in [0.5, 0.6) is 0 Å². The first-order valence-electron chi connectivity index (χ1n) is 7.56. The molecule has 0 radical (unpaired) electrons. The quantitative estimate of drug-likeness (QED) is 0.783. The second kappa shape index (κ2) is 6.56. The van der Waals surface area contributed by atoms with E-state index in [0.717, 1.165) is 12.8 Å². The van der Waals surface area contributed by atoms with Gasteiger partial charge in [0.1, 0.15) is 0 Å². The van der Waals surface area contributed by atoms with E-state index < -0.39 is 5.60 Å². The van der Waals surface area contributed by atoms with E-state index >= 15 is 0 Å². The molecule has 1 atom stereocenters. The van der Waals surface area contributed by atoms with Crippen LogP contribution in [0.1, 0.15) is 65.0 Å². The van der Waals surface area contributed by atoms with Gasteiger partial charge in [0.2, 0.25) is 0 Å². The summed E-state index contributed by atoms with van der Waals surface area (Å²) in [4.78, 5) is 0. The first-order valence-corrected chi connectivity index (χ1v) is 7.56. The first-order chi connectivity index (χ1) is 8.76. The smallest absolute Gasteiger partial charge is 0.0670 e. The summed E-state index contributed by atoms with van der Waals surface area (Å²) in [7, 11) is 0. The van der Waals surface area contributed by atoms with Crippen molar-refractivity contribution in [1.29, 1.82) is 0 Å². The molecule has 0 aliphatic rings. The zero-order valence-corrected chi connectivity index (χ0v) is 13.3. The van der Waals surface area contributed by atoms with Crippen molar-refractivity contribution >= 4 is 0 Å². The van der Waals surface area contributed by atoms with Crippen molar-refractivity contribution in [3.8, 4) is 0 Å². The molecule has 0 aromatic heterocycles. The van der Waals surface area contributed by atoms with E-state index in [9.17, 15) is 5.11 Å². The summed E-state index contributed by atoms with van der Waals surface area (Å²) in [6.07, 6.45) is 5.42. The molecule has 108 valence electrons. The molecule has 19 heavy (non-hydrogen) atoms. The second-order valence-electron chi connectivity index (χ2n) is 6.95. The zero-order valence-electron chi connectivity index (χ0n) is 13.3. The van der Waals surface area contributed by atoms with Gasteiger partial charge >= 0.3 is 0 Å². The molecule has 1 unspecified atom stereocenters. The molecule has 0 amide bonds. The van der Waals surface area contributed by atoms with E-state index in [1.807, 2.05) is 6.92 Å². The molecule has 1 nitrogen and oxygen atoms in total. The SMILES string of the molecule is CCCCc1cccc(CCC(C)(O)C(C)(C)C)c1. The van der Waals surface area contributed by atoms with Crippen molar-refractivity contribution in [1.82, 2.24) is 0 Å². The number of hydrogen-bond acceptors (Lipinski definition) is 1. The minimum absolute atomic E-state index is 0.0766. The molecule has 0 bridgehead atoms. The molecule has 1 heteroatoms. The summed E-state index contributed by atoms with van der Waals surface area (Å²) in [6, 6.07) is 8.83. The summed E-state index contributed by atoms with van der Waals surface area (Å²) in [5, 5.41) is 10.5. The minimum Gasteiger partial charge on any atom is -0.390 e. The van der Waals surface area contributed by atoms with Crippen LogP contribution in [0.15, 0.2) is 24.3 Å². The monoisotopic (exact) mass is 262 g/mol. The number of unbranched alkanes of at least 4 members (excludes halogenated alkanes) is 1. The highest BCUT2D eigenvalue weighted by Crippen LogP contribution is 2.33. The third kappa shape index (κ3) is 4.99. The Hall–Kier alpha value is -0.820. The number of aryl methyl sites for hydroxylation is 2. The van der Waals surface area contributed by atoms with Crippen molar-refractivity contribution in [2.45, 2.75) is 72.3 Å². The van der Waals surface area contributed by atoms with Crippen LogP contribution in [-0.4, -0.2) is 10.7 Å². The molecular weight excluding hydrogens is 232 g/mol. The van der Waals surface area contributed by atoms with Gasteiger partial charge in [-0.2, -0.15) is 0 Å². The van der Waals surface area contributed by atoms with Gasteiger partial charge in [-0.25, -0.2) is 0 Å². The highest BCUT2D eigenvalue weighted by molar-refractivity contribution is 5.24. The van der Waals surface area contributed by atoms with E-state index in [1.165, 1.54) is 30.4 Å². The Balaban J connectivity index is 2.63. The van der Waals surface area contributed by atoms with Crippen LogP contribution in [-0.2, 0) is 12.8 Å². The van der Waals surface area contributed by atoms with Gasteiger partial charge in [0.15, 0.2) is 0 Å². The third-order valence-electron chi connectivity index (χ3n) is 4.33. The number of benzene rings is 1. The fourth-order valence-corrected chi connectivity index (χ4v) is 2.08. The lowest BCUT2D eigenvalue weighted by atomic mass is 9.74. The Bertz CT molecular complexity index is 385. The summed E-state index contributed by atoms with van der Waals surface area (Å²) in [5.74, 6) is 0. The lowest BCUT2D eigenvalue weighted by molar-refractivity contribution is -0.0476. The largest absolute Gasteiger partial charge is 0.390 e. The van der Waals surface area contributed by atoms with Crippen molar-refractivity contribution in [2.75, 3.05) is 0 Å². The number of aliphatic hydroxyl groups is 1. The lowest BCUT2D eigenvalue weighted by Crippen LogP contribution is -2.40. The zero-order chi connectivity index (χ0) is 14.5. The highest BCUT2D eigenvalue weighted by atomic mass is 16.3. The Morgan fingerprint density at radius 1 is 1.00 bits per heavy atom. The molecule has 0 heterocycles. The Morgan fingerprint density at radius 3 is 2.11 bits per heavy atom. The van der Waals surface area contributed by atoms with Crippen LogP contribution in [0.2, 0.25) is 0 Å².